The average Bonchev–Trinajstić information content (AvgIpc) is 3.28. The van der Waals surface area contributed by atoms with Gasteiger partial charge in [-0.25, -0.2) is 9.37 Å². The lowest BCUT2D eigenvalue weighted by atomic mass is 10.1. The van der Waals surface area contributed by atoms with E-state index in [1.54, 1.807) is 28.5 Å². The maximum Gasteiger partial charge on any atom is 0.273 e. The second kappa shape index (κ2) is 6.41. The predicted molar refractivity (Wildman–Crippen MR) is 97.1 cm³/mol. The van der Waals surface area contributed by atoms with Crippen LogP contribution in [0.5, 0.6) is 0 Å². The fourth-order valence-electron chi connectivity index (χ4n) is 3.39. The number of benzene rings is 2. The van der Waals surface area contributed by atoms with Crippen LogP contribution in [0.1, 0.15) is 34.1 Å². The molecule has 4 rings (SSSR count). The van der Waals surface area contributed by atoms with Crippen molar-refractivity contribution in [2.24, 2.45) is 0 Å². The van der Waals surface area contributed by atoms with Gasteiger partial charge in [0.05, 0.1) is 6.04 Å². The summed E-state index contributed by atoms with van der Waals surface area (Å²) in [6, 6.07) is 14.8. The summed E-state index contributed by atoms with van der Waals surface area (Å²) in [5, 5.41) is 2.24. The molecular formula is C20H17FN2OS. The van der Waals surface area contributed by atoms with Crippen molar-refractivity contribution in [3.63, 3.8) is 0 Å². The fourth-order valence-corrected chi connectivity index (χ4v) is 4.21. The van der Waals surface area contributed by atoms with Gasteiger partial charge in [0.15, 0.2) is 0 Å². The van der Waals surface area contributed by atoms with Crippen LogP contribution < -0.4 is 0 Å². The maximum atomic E-state index is 13.9. The number of hydrogen-bond acceptors (Lipinski definition) is 3. The number of halogens is 1. The number of hydrogen-bond donors (Lipinski definition) is 0. The molecule has 1 amide bonds. The second-order valence-corrected chi connectivity index (χ2v) is 7.05. The van der Waals surface area contributed by atoms with E-state index in [1.165, 1.54) is 28.5 Å². The van der Waals surface area contributed by atoms with E-state index in [-0.39, 0.29) is 17.8 Å². The SMILES string of the molecule is CN(C(=O)c1csc(-c2ccccc2F)n1)C1CCc2ccccc21. The molecule has 0 radical (unpaired) electrons. The molecule has 1 unspecified atom stereocenters. The molecule has 0 saturated carbocycles. The number of carbonyl (C=O) groups excluding carboxylic acids is 1. The summed E-state index contributed by atoms with van der Waals surface area (Å²) >= 11 is 1.29. The van der Waals surface area contributed by atoms with Crippen LogP contribution in [0, 0.1) is 5.82 Å². The Bertz CT molecular complexity index is 937. The standard InChI is InChI=1S/C20H17FN2OS/c1-23(18-11-10-13-6-2-3-7-14(13)18)20(24)17-12-25-19(22-17)15-8-4-5-9-16(15)21/h2-9,12,18H,10-11H2,1H3. The van der Waals surface area contributed by atoms with Gasteiger partial charge in [0.1, 0.15) is 16.5 Å². The highest BCUT2D eigenvalue weighted by Gasteiger charge is 2.29. The van der Waals surface area contributed by atoms with Crippen LogP contribution >= 0.6 is 11.3 Å². The zero-order valence-electron chi connectivity index (χ0n) is 13.8. The first-order valence-corrected chi connectivity index (χ1v) is 9.08. The highest BCUT2D eigenvalue weighted by atomic mass is 32.1. The average molecular weight is 352 g/mol. The Balaban J connectivity index is 1.59. The van der Waals surface area contributed by atoms with Gasteiger partial charge in [-0.2, -0.15) is 0 Å². The van der Waals surface area contributed by atoms with E-state index in [0.717, 1.165) is 12.8 Å². The van der Waals surface area contributed by atoms with Gasteiger partial charge >= 0.3 is 0 Å². The molecular weight excluding hydrogens is 335 g/mol. The number of fused-ring (bicyclic) bond motifs is 1. The Kier molecular flexibility index (Phi) is 4.09. The molecule has 3 aromatic rings. The van der Waals surface area contributed by atoms with E-state index in [4.69, 9.17) is 0 Å². The van der Waals surface area contributed by atoms with Gasteiger partial charge in [-0.05, 0) is 36.1 Å². The largest absolute Gasteiger partial charge is 0.333 e. The number of nitrogens with zero attached hydrogens (tertiary/aromatic N) is 2. The van der Waals surface area contributed by atoms with E-state index in [0.29, 0.717) is 16.3 Å². The van der Waals surface area contributed by atoms with Gasteiger partial charge in [-0.1, -0.05) is 36.4 Å². The molecule has 0 spiro atoms. The third-order valence-corrected chi connectivity index (χ3v) is 5.59. The normalized spacial score (nSPS) is 15.8. The van der Waals surface area contributed by atoms with Crippen LogP contribution in [0.4, 0.5) is 4.39 Å². The van der Waals surface area contributed by atoms with E-state index in [9.17, 15) is 9.18 Å². The molecule has 1 aromatic heterocycles. The molecule has 0 bridgehead atoms. The molecule has 1 heterocycles. The Morgan fingerprint density at radius 2 is 1.96 bits per heavy atom. The highest BCUT2D eigenvalue weighted by molar-refractivity contribution is 7.13. The molecule has 3 nitrogen and oxygen atoms in total. The first-order chi connectivity index (χ1) is 12.1. The van der Waals surface area contributed by atoms with Crippen molar-refractivity contribution in [3.05, 3.63) is 76.5 Å². The topological polar surface area (TPSA) is 33.2 Å². The summed E-state index contributed by atoms with van der Waals surface area (Å²) in [4.78, 5) is 19.0. The minimum atomic E-state index is -0.325. The summed E-state index contributed by atoms with van der Waals surface area (Å²) in [5.74, 6) is -0.450. The van der Waals surface area contributed by atoms with Crippen molar-refractivity contribution in [2.75, 3.05) is 7.05 Å². The second-order valence-electron chi connectivity index (χ2n) is 6.19. The van der Waals surface area contributed by atoms with Crippen molar-refractivity contribution in [1.82, 2.24) is 9.88 Å². The van der Waals surface area contributed by atoms with Gasteiger partial charge in [0.2, 0.25) is 0 Å². The van der Waals surface area contributed by atoms with Gasteiger partial charge in [0.25, 0.3) is 5.91 Å². The monoisotopic (exact) mass is 352 g/mol. The van der Waals surface area contributed by atoms with E-state index in [1.807, 2.05) is 19.2 Å². The van der Waals surface area contributed by atoms with Crippen molar-refractivity contribution in [3.8, 4) is 10.6 Å². The highest BCUT2D eigenvalue weighted by Crippen LogP contribution is 2.36. The zero-order chi connectivity index (χ0) is 17.4. The van der Waals surface area contributed by atoms with Crippen LogP contribution in [0.15, 0.2) is 53.9 Å². The molecule has 0 fully saturated rings. The fraction of sp³-hybridized carbons (Fsp3) is 0.200. The summed E-state index contributed by atoms with van der Waals surface area (Å²) in [6.07, 6.45) is 1.90. The molecule has 0 N–H and O–H groups in total. The molecule has 0 aliphatic heterocycles. The zero-order valence-corrected chi connectivity index (χ0v) is 14.6. The molecule has 1 aliphatic carbocycles. The van der Waals surface area contributed by atoms with Gasteiger partial charge in [-0.3, -0.25) is 4.79 Å². The number of amides is 1. The predicted octanol–water partition coefficient (Wildman–Crippen LogP) is 4.71. The quantitative estimate of drug-likeness (QED) is 0.684. The van der Waals surface area contributed by atoms with Crippen molar-refractivity contribution >= 4 is 17.2 Å². The van der Waals surface area contributed by atoms with Gasteiger partial charge in [-0.15, -0.1) is 11.3 Å². The van der Waals surface area contributed by atoms with Crippen molar-refractivity contribution in [2.45, 2.75) is 18.9 Å². The van der Waals surface area contributed by atoms with E-state index in [2.05, 4.69) is 17.1 Å². The summed E-state index contributed by atoms with van der Waals surface area (Å²) < 4.78 is 13.9. The molecule has 1 aliphatic rings. The Morgan fingerprint density at radius 1 is 1.20 bits per heavy atom. The smallest absolute Gasteiger partial charge is 0.273 e. The lowest BCUT2D eigenvalue weighted by molar-refractivity contribution is 0.0725. The summed E-state index contributed by atoms with van der Waals surface area (Å²) in [5.41, 5.74) is 3.32. The van der Waals surface area contributed by atoms with Crippen LogP contribution in [0.3, 0.4) is 0 Å². The molecule has 126 valence electrons. The Morgan fingerprint density at radius 3 is 2.80 bits per heavy atom. The van der Waals surface area contributed by atoms with Crippen LogP contribution in [-0.4, -0.2) is 22.8 Å². The first-order valence-electron chi connectivity index (χ1n) is 8.20. The minimum absolute atomic E-state index is 0.0716. The van der Waals surface area contributed by atoms with E-state index < -0.39 is 0 Å². The maximum absolute atomic E-state index is 13.9. The Labute approximate surface area is 149 Å². The molecule has 1 atom stereocenters. The summed E-state index contributed by atoms with van der Waals surface area (Å²) in [7, 11) is 1.82. The van der Waals surface area contributed by atoms with Gasteiger partial charge < -0.3 is 4.90 Å². The number of aryl methyl sites for hydroxylation is 1. The minimum Gasteiger partial charge on any atom is -0.333 e. The van der Waals surface area contributed by atoms with Crippen LogP contribution in [0.2, 0.25) is 0 Å². The van der Waals surface area contributed by atoms with Gasteiger partial charge in [0, 0.05) is 18.0 Å². The molecule has 5 heteroatoms. The van der Waals surface area contributed by atoms with E-state index >= 15 is 0 Å². The molecule has 0 saturated heterocycles. The van der Waals surface area contributed by atoms with Crippen molar-refractivity contribution < 1.29 is 9.18 Å². The number of aromatic nitrogens is 1. The number of rotatable bonds is 3. The third kappa shape index (κ3) is 2.85. The lowest BCUT2D eigenvalue weighted by Gasteiger charge is -2.24. The molecule has 2 aromatic carbocycles. The lowest BCUT2D eigenvalue weighted by Crippen LogP contribution is -2.30. The number of carbonyl (C=O) groups is 1. The van der Waals surface area contributed by atoms with Crippen LogP contribution in [0.25, 0.3) is 10.6 Å². The van der Waals surface area contributed by atoms with Crippen molar-refractivity contribution in [1.29, 1.82) is 0 Å². The van der Waals surface area contributed by atoms with Crippen LogP contribution in [-0.2, 0) is 6.42 Å². The number of thiazole rings is 1. The third-order valence-electron chi connectivity index (χ3n) is 4.72. The first kappa shape index (κ1) is 16.0. The Hall–Kier alpha value is -2.53. The summed E-state index contributed by atoms with van der Waals surface area (Å²) in [6.45, 7) is 0. The molecule has 25 heavy (non-hydrogen) atoms.